The van der Waals surface area contributed by atoms with Crippen LogP contribution in [0.25, 0.3) is 0 Å². The van der Waals surface area contributed by atoms with Gasteiger partial charge in [0.2, 0.25) is 0 Å². The Bertz CT molecular complexity index is 381. The molecule has 1 aliphatic heterocycles. The quantitative estimate of drug-likeness (QED) is 0.876. The van der Waals surface area contributed by atoms with Gasteiger partial charge in [-0.1, -0.05) is 32.0 Å². The van der Waals surface area contributed by atoms with Gasteiger partial charge in [0.15, 0.2) is 0 Å². The summed E-state index contributed by atoms with van der Waals surface area (Å²) in [4.78, 5) is 5.12. The Morgan fingerprint density at radius 2 is 1.79 bits per heavy atom. The van der Waals surface area contributed by atoms with Crippen LogP contribution < -0.4 is 10.2 Å². The van der Waals surface area contributed by atoms with E-state index in [4.69, 9.17) is 0 Å². The third-order valence-electron chi connectivity index (χ3n) is 3.70. The second kappa shape index (κ2) is 6.92. The lowest BCUT2D eigenvalue weighted by Crippen LogP contribution is -2.47. The average Bonchev–Trinajstić information content (AvgIpc) is 2.40. The number of nitrogens with one attached hydrogen (secondary N) is 1. The Morgan fingerprint density at radius 3 is 2.42 bits per heavy atom. The first-order chi connectivity index (χ1) is 9.20. The van der Waals surface area contributed by atoms with Crippen LogP contribution in [0.5, 0.6) is 0 Å². The van der Waals surface area contributed by atoms with E-state index in [2.05, 4.69) is 53.2 Å². The molecule has 0 amide bonds. The van der Waals surface area contributed by atoms with Crippen molar-refractivity contribution in [2.24, 2.45) is 5.92 Å². The van der Waals surface area contributed by atoms with Gasteiger partial charge in [0.05, 0.1) is 0 Å². The van der Waals surface area contributed by atoms with Crippen molar-refractivity contribution in [1.82, 2.24) is 10.2 Å². The number of anilines is 1. The summed E-state index contributed by atoms with van der Waals surface area (Å²) in [6.45, 7) is 11.4. The molecule has 0 bridgehead atoms. The fraction of sp³-hybridized carbons (Fsp3) is 0.625. The number of para-hydroxylation sites is 1. The minimum Gasteiger partial charge on any atom is -0.369 e. The van der Waals surface area contributed by atoms with Crippen LogP contribution >= 0.6 is 0 Å². The van der Waals surface area contributed by atoms with Crippen LogP contribution in [-0.2, 0) is 6.54 Å². The Morgan fingerprint density at radius 1 is 1.11 bits per heavy atom. The van der Waals surface area contributed by atoms with Gasteiger partial charge in [0.1, 0.15) is 0 Å². The Hall–Kier alpha value is -1.06. The van der Waals surface area contributed by atoms with Gasteiger partial charge in [-0.25, -0.2) is 0 Å². The van der Waals surface area contributed by atoms with Gasteiger partial charge in [0, 0.05) is 45.0 Å². The third kappa shape index (κ3) is 3.95. The molecule has 1 aromatic rings. The minimum absolute atomic E-state index is 0.767. The van der Waals surface area contributed by atoms with Crippen LogP contribution in [0.15, 0.2) is 24.3 Å². The van der Waals surface area contributed by atoms with E-state index in [0.717, 1.165) is 25.6 Å². The number of hydrogen-bond acceptors (Lipinski definition) is 3. The van der Waals surface area contributed by atoms with E-state index in [1.54, 1.807) is 0 Å². The van der Waals surface area contributed by atoms with Crippen molar-refractivity contribution in [3.63, 3.8) is 0 Å². The molecule has 106 valence electrons. The fourth-order valence-electron chi connectivity index (χ4n) is 2.85. The van der Waals surface area contributed by atoms with Gasteiger partial charge in [-0.3, -0.25) is 4.90 Å². The molecule has 1 aromatic carbocycles. The van der Waals surface area contributed by atoms with E-state index in [0.29, 0.717) is 0 Å². The Balaban J connectivity index is 1.97. The average molecular weight is 261 g/mol. The fourth-order valence-corrected chi connectivity index (χ4v) is 2.85. The number of rotatable bonds is 5. The summed E-state index contributed by atoms with van der Waals surface area (Å²) in [7, 11) is 2.01. The molecule has 0 aromatic heterocycles. The molecule has 0 spiro atoms. The number of hydrogen-bond donors (Lipinski definition) is 1. The first-order valence-corrected chi connectivity index (χ1v) is 7.40. The molecule has 1 heterocycles. The first kappa shape index (κ1) is 14.4. The van der Waals surface area contributed by atoms with Crippen LogP contribution in [0.2, 0.25) is 0 Å². The maximum Gasteiger partial charge on any atom is 0.0412 e. The van der Waals surface area contributed by atoms with E-state index in [1.807, 2.05) is 7.05 Å². The topological polar surface area (TPSA) is 18.5 Å². The summed E-state index contributed by atoms with van der Waals surface area (Å²) in [5.74, 6) is 0.767. The van der Waals surface area contributed by atoms with E-state index in [-0.39, 0.29) is 0 Å². The molecule has 19 heavy (non-hydrogen) atoms. The second-order valence-corrected chi connectivity index (χ2v) is 5.84. The minimum atomic E-state index is 0.767. The molecule has 0 aliphatic carbocycles. The van der Waals surface area contributed by atoms with Gasteiger partial charge in [-0.15, -0.1) is 0 Å². The van der Waals surface area contributed by atoms with Crippen LogP contribution in [0.3, 0.4) is 0 Å². The SMILES string of the molecule is CNCc1ccccc1N1CCN(CC(C)C)CC1. The van der Waals surface area contributed by atoms with E-state index in [9.17, 15) is 0 Å². The lowest BCUT2D eigenvalue weighted by molar-refractivity contribution is 0.231. The highest BCUT2D eigenvalue weighted by Gasteiger charge is 2.19. The highest BCUT2D eigenvalue weighted by Crippen LogP contribution is 2.21. The highest BCUT2D eigenvalue weighted by atomic mass is 15.3. The van der Waals surface area contributed by atoms with Crippen LogP contribution in [0.1, 0.15) is 19.4 Å². The van der Waals surface area contributed by atoms with E-state index >= 15 is 0 Å². The lowest BCUT2D eigenvalue weighted by atomic mass is 10.1. The largest absolute Gasteiger partial charge is 0.369 e. The number of piperazine rings is 1. The maximum atomic E-state index is 3.26. The van der Waals surface area contributed by atoms with Gasteiger partial charge in [0.25, 0.3) is 0 Å². The predicted octanol–water partition coefficient (Wildman–Crippen LogP) is 2.18. The molecule has 0 atom stereocenters. The van der Waals surface area contributed by atoms with Gasteiger partial charge in [-0.2, -0.15) is 0 Å². The van der Waals surface area contributed by atoms with Gasteiger partial charge in [-0.05, 0) is 24.6 Å². The molecular weight excluding hydrogens is 234 g/mol. The summed E-state index contributed by atoms with van der Waals surface area (Å²) >= 11 is 0. The van der Waals surface area contributed by atoms with Crippen molar-refractivity contribution in [2.75, 3.05) is 44.7 Å². The van der Waals surface area contributed by atoms with Crippen LogP contribution in [-0.4, -0.2) is 44.7 Å². The maximum absolute atomic E-state index is 3.26. The summed E-state index contributed by atoms with van der Waals surface area (Å²) in [6, 6.07) is 8.76. The van der Waals surface area contributed by atoms with Crippen LogP contribution in [0, 0.1) is 5.92 Å². The zero-order valence-electron chi connectivity index (χ0n) is 12.5. The lowest BCUT2D eigenvalue weighted by Gasteiger charge is -2.37. The molecular formula is C16H27N3. The highest BCUT2D eigenvalue weighted by molar-refractivity contribution is 5.54. The molecule has 0 saturated carbocycles. The Labute approximate surface area is 117 Å². The first-order valence-electron chi connectivity index (χ1n) is 7.40. The monoisotopic (exact) mass is 261 g/mol. The van der Waals surface area contributed by atoms with E-state index < -0.39 is 0 Å². The van der Waals surface area contributed by atoms with E-state index in [1.165, 1.54) is 30.9 Å². The molecule has 2 rings (SSSR count). The molecule has 3 heteroatoms. The predicted molar refractivity (Wildman–Crippen MR) is 82.7 cm³/mol. The third-order valence-corrected chi connectivity index (χ3v) is 3.70. The van der Waals surface area contributed by atoms with Crippen LogP contribution in [0.4, 0.5) is 5.69 Å². The van der Waals surface area contributed by atoms with Crippen molar-refractivity contribution in [3.05, 3.63) is 29.8 Å². The molecule has 0 unspecified atom stereocenters. The zero-order chi connectivity index (χ0) is 13.7. The normalized spacial score (nSPS) is 17.2. The summed E-state index contributed by atoms with van der Waals surface area (Å²) in [5.41, 5.74) is 2.81. The smallest absolute Gasteiger partial charge is 0.0412 e. The number of nitrogens with zero attached hydrogens (tertiary/aromatic N) is 2. The molecule has 1 fully saturated rings. The zero-order valence-corrected chi connectivity index (χ0v) is 12.5. The molecule has 3 nitrogen and oxygen atoms in total. The number of benzene rings is 1. The second-order valence-electron chi connectivity index (χ2n) is 5.84. The summed E-state index contributed by atoms with van der Waals surface area (Å²) in [6.07, 6.45) is 0. The van der Waals surface area contributed by atoms with Gasteiger partial charge >= 0.3 is 0 Å². The van der Waals surface area contributed by atoms with Crippen molar-refractivity contribution in [1.29, 1.82) is 0 Å². The molecule has 1 N–H and O–H groups in total. The molecule has 1 saturated heterocycles. The van der Waals surface area contributed by atoms with Gasteiger partial charge < -0.3 is 10.2 Å². The summed E-state index contributed by atoms with van der Waals surface area (Å²) in [5, 5.41) is 3.26. The molecule has 1 aliphatic rings. The van der Waals surface area contributed by atoms with Crippen molar-refractivity contribution in [2.45, 2.75) is 20.4 Å². The Kier molecular flexibility index (Phi) is 5.23. The van der Waals surface area contributed by atoms with Crippen molar-refractivity contribution >= 4 is 5.69 Å². The van der Waals surface area contributed by atoms with Crippen molar-refractivity contribution in [3.8, 4) is 0 Å². The molecule has 0 radical (unpaired) electrons. The van der Waals surface area contributed by atoms with Crippen molar-refractivity contribution < 1.29 is 0 Å². The summed E-state index contributed by atoms with van der Waals surface area (Å²) < 4.78 is 0. The standard InChI is InChI=1S/C16H27N3/c1-14(2)13-18-8-10-19(11-9-18)16-7-5-4-6-15(16)12-17-3/h4-7,14,17H,8-13H2,1-3H3.